The number of carbonyl (C=O) groups excluding carboxylic acids is 1. The van der Waals surface area contributed by atoms with E-state index in [2.05, 4.69) is 31.4 Å². The van der Waals surface area contributed by atoms with E-state index in [1.54, 1.807) is 6.07 Å². The summed E-state index contributed by atoms with van der Waals surface area (Å²) in [6, 6.07) is 2.33. The summed E-state index contributed by atoms with van der Waals surface area (Å²) in [5, 5.41) is 12.5. The zero-order chi connectivity index (χ0) is 12.1. The Morgan fingerprint density at radius 3 is 3.00 bits per heavy atom. The molecule has 5 heteroatoms. The minimum absolute atomic E-state index is 0.133. The van der Waals surface area contributed by atoms with Crippen LogP contribution in [0.4, 0.5) is 0 Å². The van der Waals surface area contributed by atoms with Crippen molar-refractivity contribution in [3.8, 4) is 6.07 Å². The summed E-state index contributed by atoms with van der Waals surface area (Å²) in [7, 11) is 2.17. The summed E-state index contributed by atoms with van der Waals surface area (Å²) >= 11 is 0. The van der Waals surface area contributed by atoms with Gasteiger partial charge < -0.3 is 4.90 Å². The average Bonchev–Trinajstić information content (AvgIpc) is 2.22. The quantitative estimate of drug-likeness (QED) is 0.609. The topological polar surface area (TPSA) is 69.7 Å². The van der Waals surface area contributed by atoms with Crippen molar-refractivity contribution >= 4 is 11.6 Å². The second-order valence-corrected chi connectivity index (χ2v) is 4.53. The zero-order valence-corrected chi connectivity index (χ0v) is 10.1. The van der Waals surface area contributed by atoms with Gasteiger partial charge in [-0.1, -0.05) is 6.92 Å². The van der Waals surface area contributed by atoms with E-state index < -0.39 is 0 Å². The third-order valence-electron chi connectivity index (χ3n) is 3.12. The molecule has 88 valence electrons. The molecule has 1 aliphatic rings. The molecule has 0 bridgehead atoms. The highest BCUT2D eigenvalue weighted by atomic mass is 16.2. The minimum Gasteiger partial charge on any atom is -0.334 e. The number of likely N-dealkylation sites (tertiary alicyclic amines) is 1. The van der Waals surface area contributed by atoms with Crippen LogP contribution in [-0.2, 0) is 4.79 Å². The highest BCUT2D eigenvalue weighted by molar-refractivity contribution is 5.89. The van der Waals surface area contributed by atoms with Crippen molar-refractivity contribution in [3.05, 3.63) is 0 Å². The normalized spacial score (nSPS) is 32.1. The van der Waals surface area contributed by atoms with E-state index >= 15 is 0 Å². The van der Waals surface area contributed by atoms with Crippen molar-refractivity contribution in [3.63, 3.8) is 0 Å². The maximum Gasteiger partial charge on any atom is 0.254 e. The number of carbonyl (C=O) groups is 1. The second-order valence-electron chi connectivity index (χ2n) is 4.53. The van der Waals surface area contributed by atoms with E-state index in [-0.39, 0.29) is 12.3 Å². The third-order valence-corrected chi connectivity index (χ3v) is 3.12. The van der Waals surface area contributed by atoms with Gasteiger partial charge in [0.25, 0.3) is 5.91 Å². The standard InChI is InChI=1S/C11H18N4O/c1-8-7-15(3)9(2)6-10(8)13-14-11(16)4-5-12/h8-9H,4,6-7H2,1-3H3,(H,14,16)/p+1/b13-10-/t8-,9+/m0/s1. The molecule has 3 atom stereocenters. The Kier molecular flexibility index (Phi) is 4.44. The Morgan fingerprint density at radius 1 is 1.69 bits per heavy atom. The van der Waals surface area contributed by atoms with E-state index in [0.29, 0.717) is 12.0 Å². The van der Waals surface area contributed by atoms with Gasteiger partial charge in [0.1, 0.15) is 6.42 Å². The predicted molar refractivity (Wildman–Crippen MR) is 60.8 cm³/mol. The van der Waals surface area contributed by atoms with Gasteiger partial charge in [0.05, 0.1) is 31.4 Å². The molecule has 0 radical (unpaired) electrons. The largest absolute Gasteiger partial charge is 0.334 e. The molecule has 5 nitrogen and oxygen atoms in total. The summed E-state index contributed by atoms with van der Waals surface area (Å²) in [5.41, 5.74) is 3.47. The first-order valence-corrected chi connectivity index (χ1v) is 5.59. The van der Waals surface area contributed by atoms with E-state index in [0.717, 1.165) is 18.7 Å². The molecule has 0 aromatic rings. The lowest BCUT2D eigenvalue weighted by Gasteiger charge is -2.31. The van der Waals surface area contributed by atoms with Gasteiger partial charge in [-0.3, -0.25) is 4.79 Å². The smallest absolute Gasteiger partial charge is 0.254 e. The van der Waals surface area contributed by atoms with Gasteiger partial charge >= 0.3 is 0 Å². The summed E-state index contributed by atoms with van der Waals surface area (Å²) in [6.07, 6.45) is 0.770. The average molecular weight is 223 g/mol. The van der Waals surface area contributed by atoms with Crippen LogP contribution in [0.15, 0.2) is 5.10 Å². The van der Waals surface area contributed by atoms with Crippen LogP contribution in [-0.4, -0.2) is 31.3 Å². The number of rotatable bonds is 2. The number of quaternary nitrogens is 1. The van der Waals surface area contributed by atoms with E-state index in [1.165, 1.54) is 4.90 Å². The van der Waals surface area contributed by atoms with Crippen molar-refractivity contribution in [1.82, 2.24) is 5.43 Å². The van der Waals surface area contributed by atoms with Gasteiger partial charge in [0.15, 0.2) is 0 Å². The monoisotopic (exact) mass is 223 g/mol. The Bertz CT molecular complexity index is 331. The molecule has 0 saturated carbocycles. The first-order valence-electron chi connectivity index (χ1n) is 5.59. The van der Waals surface area contributed by atoms with Crippen molar-refractivity contribution in [2.75, 3.05) is 13.6 Å². The summed E-state index contributed by atoms with van der Waals surface area (Å²) < 4.78 is 0. The predicted octanol–water partition coefficient (Wildman–Crippen LogP) is -0.685. The Balaban J connectivity index is 2.56. The SMILES string of the molecule is C[C@@H]1C/C(=N/NC(=O)CC#N)[C@@H](C)C[NH+]1C. The number of hydrogen-bond acceptors (Lipinski definition) is 3. The van der Waals surface area contributed by atoms with Crippen LogP contribution in [0.2, 0.25) is 0 Å². The Hall–Kier alpha value is -1.41. The molecule has 0 aliphatic carbocycles. The number of hydrogen-bond donors (Lipinski definition) is 2. The molecule has 1 amide bonds. The molecular weight excluding hydrogens is 204 g/mol. The molecule has 1 unspecified atom stereocenters. The maximum atomic E-state index is 11.1. The van der Waals surface area contributed by atoms with Gasteiger partial charge in [-0.25, -0.2) is 5.43 Å². The first kappa shape index (κ1) is 12.7. The highest BCUT2D eigenvalue weighted by Crippen LogP contribution is 2.07. The number of hydrazone groups is 1. The van der Waals surface area contributed by atoms with E-state index in [1.807, 2.05) is 0 Å². The molecule has 1 saturated heterocycles. The summed E-state index contributed by atoms with van der Waals surface area (Å²) in [6.45, 7) is 5.33. The van der Waals surface area contributed by atoms with Crippen molar-refractivity contribution in [1.29, 1.82) is 5.26 Å². The minimum atomic E-state index is -0.332. The highest BCUT2D eigenvalue weighted by Gasteiger charge is 2.28. The molecule has 1 rings (SSSR count). The fourth-order valence-electron chi connectivity index (χ4n) is 1.89. The zero-order valence-electron chi connectivity index (χ0n) is 10.1. The molecular formula is C11H19N4O+. The van der Waals surface area contributed by atoms with Crippen molar-refractivity contribution in [2.45, 2.75) is 32.7 Å². The molecule has 0 aromatic heterocycles. The number of nitrogens with zero attached hydrogens (tertiary/aromatic N) is 2. The maximum absolute atomic E-state index is 11.1. The molecule has 0 spiro atoms. The van der Waals surface area contributed by atoms with Gasteiger partial charge in [-0.15, -0.1) is 0 Å². The van der Waals surface area contributed by atoms with Crippen LogP contribution in [0.1, 0.15) is 26.7 Å². The lowest BCUT2D eigenvalue weighted by atomic mass is 9.93. The Labute approximate surface area is 96.1 Å². The van der Waals surface area contributed by atoms with Crippen LogP contribution in [0.25, 0.3) is 0 Å². The van der Waals surface area contributed by atoms with Gasteiger partial charge in [0.2, 0.25) is 0 Å². The van der Waals surface area contributed by atoms with Crippen LogP contribution >= 0.6 is 0 Å². The Morgan fingerprint density at radius 2 is 2.38 bits per heavy atom. The van der Waals surface area contributed by atoms with Crippen LogP contribution in [0.3, 0.4) is 0 Å². The summed E-state index contributed by atoms with van der Waals surface area (Å²) in [4.78, 5) is 12.6. The van der Waals surface area contributed by atoms with Crippen molar-refractivity contribution < 1.29 is 9.69 Å². The molecule has 1 fully saturated rings. The molecule has 1 aliphatic heterocycles. The molecule has 16 heavy (non-hydrogen) atoms. The van der Waals surface area contributed by atoms with Gasteiger partial charge in [0, 0.05) is 12.3 Å². The van der Waals surface area contributed by atoms with Gasteiger partial charge in [-0.05, 0) is 6.92 Å². The molecule has 0 aromatic carbocycles. The van der Waals surface area contributed by atoms with Crippen LogP contribution < -0.4 is 10.3 Å². The van der Waals surface area contributed by atoms with Crippen LogP contribution in [0, 0.1) is 17.2 Å². The number of nitrogens with one attached hydrogen (secondary N) is 2. The second kappa shape index (κ2) is 5.61. The number of nitriles is 1. The fourth-order valence-corrected chi connectivity index (χ4v) is 1.89. The third kappa shape index (κ3) is 3.31. The summed E-state index contributed by atoms with van der Waals surface area (Å²) in [5.74, 6) is 0.0553. The van der Waals surface area contributed by atoms with Crippen LogP contribution in [0.5, 0.6) is 0 Å². The fraction of sp³-hybridized carbons (Fsp3) is 0.727. The van der Waals surface area contributed by atoms with Crippen molar-refractivity contribution in [2.24, 2.45) is 11.0 Å². The van der Waals surface area contributed by atoms with E-state index in [4.69, 9.17) is 5.26 Å². The molecule has 2 N–H and O–H groups in total. The number of amides is 1. The first-order chi connectivity index (χ1) is 7.54. The van der Waals surface area contributed by atoms with Gasteiger partial charge in [-0.2, -0.15) is 10.4 Å². The number of piperidine rings is 1. The molecule has 1 heterocycles. The lowest BCUT2D eigenvalue weighted by molar-refractivity contribution is -0.908. The van der Waals surface area contributed by atoms with E-state index in [9.17, 15) is 4.79 Å². The lowest BCUT2D eigenvalue weighted by Crippen LogP contribution is -3.14.